The molecule has 2 aromatic carbocycles. The molecule has 0 bridgehead atoms. The number of hydrogen-bond donors (Lipinski definition) is 0. The van der Waals surface area contributed by atoms with Gasteiger partial charge in [0.1, 0.15) is 5.75 Å². The molecular weight excluding hydrogens is 330 g/mol. The summed E-state index contributed by atoms with van der Waals surface area (Å²) >= 11 is 0. The van der Waals surface area contributed by atoms with Crippen LogP contribution in [-0.4, -0.2) is 30.0 Å². The quantitative estimate of drug-likeness (QED) is 0.748. The van der Waals surface area contributed by atoms with Gasteiger partial charge in [-0.05, 0) is 43.2 Å². The van der Waals surface area contributed by atoms with Crippen LogP contribution in [0.5, 0.6) is 5.75 Å². The Kier molecular flexibility index (Phi) is 5.56. The monoisotopic (exact) mass is 353 g/mol. The van der Waals surface area contributed by atoms with Crippen molar-refractivity contribution in [2.75, 3.05) is 13.2 Å². The van der Waals surface area contributed by atoms with E-state index in [9.17, 15) is 9.59 Å². The molecule has 26 heavy (non-hydrogen) atoms. The van der Waals surface area contributed by atoms with Crippen molar-refractivity contribution < 1.29 is 19.1 Å². The molecule has 2 aromatic rings. The average molecular weight is 353 g/mol. The number of ether oxygens (including phenoxy) is 2. The van der Waals surface area contributed by atoms with Crippen LogP contribution in [0, 0.1) is 0 Å². The maximum absolute atomic E-state index is 12.7. The van der Waals surface area contributed by atoms with E-state index < -0.39 is 0 Å². The summed E-state index contributed by atoms with van der Waals surface area (Å²) in [7, 11) is 0. The Hall–Kier alpha value is -2.82. The maximum atomic E-state index is 12.7. The first kappa shape index (κ1) is 18.0. The zero-order valence-electron chi connectivity index (χ0n) is 15.2. The summed E-state index contributed by atoms with van der Waals surface area (Å²) in [5.41, 5.74) is 3.50. The number of hydrogen-bond acceptors (Lipinski definition) is 4. The van der Waals surface area contributed by atoms with E-state index in [4.69, 9.17) is 9.47 Å². The number of rotatable bonds is 6. The molecule has 5 nitrogen and oxygen atoms in total. The number of carbonyl (C=O) groups is 2. The molecule has 0 fully saturated rings. The minimum absolute atomic E-state index is 0.0473. The molecule has 1 aliphatic rings. The standard InChI is InChI=1S/C21H23NO4/c1-3-25-19-8-6-5-7-15(19)12-20(23)22-13-17-10-9-16(11-18(17)14-22)21(24)26-4-2/h5-11H,3-4,12-14H2,1-2H3. The molecule has 0 unspecified atom stereocenters. The van der Waals surface area contributed by atoms with Crippen LogP contribution in [0.25, 0.3) is 0 Å². The lowest BCUT2D eigenvalue weighted by atomic mass is 10.1. The van der Waals surface area contributed by atoms with Gasteiger partial charge in [-0.3, -0.25) is 4.79 Å². The van der Waals surface area contributed by atoms with E-state index in [1.54, 1.807) is 13.0 Å². The van der Waals surface area contributed by atoms with Crippen molar-refractivity contribution in [1.82, 2.24) is 4.90 Å². The second-order valence-electron chi connectivity index (χ2n) is 6.17. The number of carbonyl (C=O) groups excluding carboxylic acids is 2. The van der Waals surface area contributed by atoms with Crippen molar-refractivity contribution in [2.45, 2.75) is 33.4 Å². The Morgan fingerprint density at radius 1 is 1.00 bits per heavy atom. The minimum Gasteiger partial charge on any atom is -0.494 e. The van der Waals surface area contributed by atoms with E-state index in [0.717, 1.165) is 22.4 Å². The van der Waals surface area contributed by atoms with E-state index in [-0.39, 0.29) is 11.9 Å². The van der Waals surface area contributed by atoms with Crippen LogP contribution < -0.4 is 4.74 Å². The second-order valence-corrected chi connectivity index (χ2v) is 6.17. The van der Waals surface area contributed by atoms with Gasteiger partial charge in [0, 0.05) is 18.7 Å². The average Bonchev–Trinajstić information content (AvgIpc) is 3.07. The van der Waals surface area contributed by atoms with Crippen molar-refractivity contribution in [1.29, 1.82) is 0 Å². The molecule has 1 amide bonds. The topological polar surface area (TPSA) is 55.8 Å². The van der Waals surface area contributed by atoms with Gasteiger partial charge in [-0.1, -0.05) is 24.3 Å². The lowest BCUT2D eigenvalue weighted by Gasteiger charge is -2.17. The van der Waals surface area contributed by atoms with Gasteiger partial charge in [-0.15, -0.1) is 0 Å². The Morgan fingerprint density at radius 2 is 1.77 bits per heavy atom. The Balaban J connectivity index is 1.70. The summed E-state index contributed by atoms with van der Waals surface area (Å²) in [5.74, 6) is 0.474. The molecule has 0 N–H and O–H groups in total. The molecule has 0 aliphatic carbocycles. The van der Waals surface area contributed by atoms with Gasteiger partial charge in [0.2, 0.25) is 5.91 Å². The molecule has 0 spiro atoms. The summed E-state index contributed by atoms with van der Waals surface area (Å²) in [6.45, 7) is 5.70. The van der Waals surface area contributed by atoms with E-state index >= 15 is 0 Å². The first-order chi connectivity index (χ1) is 12.6. The highest BCUT2D eigenvalue weighted by atomic mass is 16.5. The Morgan fingerprint density at radius 3 is 2.54 bits per heavy atom. The van der Waals surface area contributed by atoms with Gasteiger partial charge in [-0.2, -0.15) is 0 Å². The zero-order valence-corrected chi connectivity index (χ0v) is 15.2. The van der Waals surface area contributed by atoms with Crippen LogP contribution in [-0.2, 0) is 29.0 Å². The highest BCUT2D eigenvalue weighted by Crippen LogP contribution is 2.26. The van der Waals surface area contributed by atoms with Gasteiger partial charge in [0.05, 0.1) is 25.2 Å². The summed E-state index contributed by atoms with van der Waals surface area (Å²) in [4.78, 5) is 26.4. The van der Waals surface area contributed by atoms with Gasteiger partial charge in [-0.25, -0.2) is 4.79 Å². The number of benzene rings is 2. The van der Waals surface area contributed by atoms with E-state index in [0.29, 0.717) is 38.3 Å². The van der Waals surface area contributed by atoms with Crippen LogP contribution in [0.4, 0.5) is 0 Å². The van der Waals surface area contributed by atoms with Gasteiger partial charge < -0.3 is 14.4 Å². The summed E-state index contributed by atoms with van der Waals surface area (Å²) in [6, 6.07) is 13.1. The van der Waals surface area contributed by atoms with Crippen molar-refractivity contribution in [3.8, 4) is 5.75 Å². The number of para-hydroxylation sites is 1. The maximum Gasteiger partial charge on any atom is 0.338 e. The highest BCUT2D eigenvalue weighted by Gasteiger charge is 2.25. The predicted molar refractivity (Wildman–Crippen MR) is 98.0 cm³/mol. The van der Waals surface area contributed by atoms with E-state index in [1.165, 1.54) is 0 Å². The smallest absolute Gasteiger partial charge is 0.338 e. The lowest BCUT2D eigenvalue weighted by Crippen LogP contribution is -2.27. The third kappa shape index (κ3) is 3.87. The minimum atomic E-state index is -0.328. The molecule has 1 heterocycles. The molecule has 0 aromatic heterocycles. The molecule has 0 saturated carbocycles. The number of esters is 1. The van der Waals surface area contributed by atoms with Crippen molar-refractivity contribution >= 4 is 11.9 Å². The third-order valence-electron chi connectivity index (χ3n) is 4.41. The largest absolute Gasteiger partial charge is 0.494 e. The molecule has 136 valence electrons. The number of amides is 1. The van der Waals surface area contributed by atoms with Crippen LogP contribution in [0.1, 0.15) is 40.9 Å². The molecule has 0 radical (unpaired) electrons. The number of fused-ring (bicyclic) bond motifs is 1. The normalized spacial score (nSPS) is 12.6. The summed E-state index contributed by atoms with van der Waals surface area (Å²) < 4.78 is 10.6. The molecule has 1 aliphatic heterocycles. The van der Waals surface area contributed by atoms with E-state index in [2.05, 4.69) is 0 Å². The van der Waals surface area contributed by atoms with Crippen LogP contribution in [0.3, 0.4) is 0 Å². The van der Waals surface area contributed by atoms with E-state index in [1.807, 2.05) is 48.2 Å². The fourth-order valence-corrected chi connectivity index (χ4v) is 3.13. The van der Waals surface area contributed by atoms with Crippen molar-refractivity contribution in [3.05, 3.63) is 64.7 Å². The summed E-state index contributed by atoms with van der Waals surface area (Å²) in [5, 5.41) is 0. The van der Waals surface area contributed by atoms with Crippen molar-refractivity contribution in [2.24, 2.45) is 0 Å². The Bertz CT molecular complexity index is 815. The van der Waals surface area contributed by atoms with Crippen LogP contribution >= 0.6 is 0 Å². The highest BCUT2D eigenvalue weighted by molar-refractivity contribution is 5.90. The van der Waals surface area contributed by atoms with Crippen LogP contribution in [0.15, 0.2) is 42.5 Å². The van der Waals surface area contributed by atoms with Gasteiger partial charge in [0.15, 0.2) is 0 Å². The third-order valence-corrected chi connectivity index (χ3v) is 4.41. The first-order valence-corrected chi connectivity index (χ1v) is 8.89. The first-order valence-electron chi connectivity index (χ1n) is 8.89. The molecule has 0 atom stereocenters. The second kappa shape index (κ2) is 8.04. The Labute approximate surface area is 153 Å². The fourth-order valence-electron chi connectivity index (χ4n) is 3.13. The lowest BCUT2D eigenvalue weighted by molar-refractivity contribution is -0.131. The molecule has 3 rings (SSSR count). The van der Waals surface area contributed by atoms with Crippen molar-refractivity contribution in [3.63, 3.8) is 0 Å². The van der Waals surface area contributed by atoms with Gasteiger partial charge >= 0.3 is 5.97 Å². The number of nitrogens with zero attached hydrogens (tertiary/aromatic N) is 1. The van der Waals surface area contributed by atoms with Gasteiger partial charge in [0.25, 0.3) is 0 Å². The fraction of sp³-hybridized carbons (Fsp3) is 0.333. The summed E-state index contributed by atoms with van der Waals surface area (Å²) in [6.07, 6.45) is 0.300. The molecular formula is C21H23NO4. The molecule has 5 heteroatoms. The molecule has 0 saturated heterocycles. The van der Waals surface area contributed by atoms with Crippen LogP contribution in [0.2, 0.25) is 0 Å². The SMILES string of the molecule is CCOC(=O)c1ccc2c(c1)CN(C(=O)Cc1ccccc1OCC)C2. The predicted octanol–water partition coefficient (Wildman–Crippen LogP) is 3.35. The zero-order chi connectivity index (χ0) is 18.5.